The maximum absolute atomic E-state index is 12.0. The van der Waals surface area contributed by atoms with E-state index in [1.807, 2.05) is 29.2 Å². The maximum Gasteiger partial charge on any atom is 0.231 e. The molecule has 0 aromatic heterocycles. The van der Waals surface area contributed by atoms with E-state index in [4.69, 9.17) is 5.73 Å². The number of guanidine groups is 1. The summed E-state index contributed by atoms with van der Waals surface area (Å²) in [4.78, 5) is 18.2. The lowest BCUT2D eigenvalue weighted by molar-refractivity contribution is -0.117. The van der Waals surface area contributed by atoms with Crippen LogP contribution in [0.3, 0.4) is 0 Å². The van der Waals surface area contributed by atoms with Crippen molar-refractivity contribution in [2.24, 2.45) is 16.6 Å². The minimum Gasteiger partial charge on any atom is -0.370 e. The molecule has 6 heteroatoms. The summed E-state index contributed by atoms with van der Waals surface area (Å²) in [7, 11) is 0. The van der Waals surface area contributed by atoms with Crippen LogP contribution in [0, 0.1) is 5.92 Å². The molecule has 5 nitrogen and oxygen atoms in total. The summed E-state index contributed by atoms with van der Waals surface area (Å²) in [6.07, 6.45) is 4.37. The molecule has 0 saturated heterocycles. The number of halogens is 1. The summed E-state index contributed by atoms with van der Waals surface area (Å²) in [5, 5.41) is 3.10. The highest BCUT2D eigenvalue weighted by atomic mass is 127. The summed E-state index contributed by atoms with van der Waals surface area (Å²) >= 11 is 0. The molecular formula is C16H23IN4O. The zero-order valence-corrected chi connectivity index (χ0v) is 15.0. The summed E-state index contributed by atoms with van der Waals surface area (Å²) in [5.41, 5.74) is 7.98. The molecule has 1 aliphatic carbocycles. The summed E-state index contributed by atoms with van der Waals surface area (Å²) in [6, 6.07) is 7.94. The minimum absolute atomic E-state index is 0. The molecule has 2 aliphatic rings. The number of hydrogen-bond donors (Lipinski definition) is 2. The van der Waals surface area contributed by atoms with Crippen LogP contribution in [0.15, 0.2) is 29.3 Å². The van der Waals surface area contributed by atoms with Gasteiger partial charge in [-0.25, -0.2) is 0 Å². The first-order valence-corrected chi connectivity index (χ1v) is 7.66. The number of rotatable bonds is 5. The third-order valence-corrected chi connectivity index (χ3v) is 4.31. The highest BCUT2D eigenvalue weighted by molar-refractivity contribution is 14.0. The summed E-state index contributed by atoms with van der Waals surface area (Å²) < 4.78 is 0. The van der Waals surface area contributed by atoms with Gasteiger partial charge in [0, 0.05) is 25.3 Å². The Kier molecular flexibility index (Phi) is 6.05. The van der Waals surface area contributed by atoms with Gasteiger partial charge in [0.15, 0.2) is 5.96 Å². The molecule has 1 heterocycles. The predicted octanol–water partition coefficient (Wildman–Crippen LogP) is 1.90. The van der Waals surface area contributed by atoms with E-state index in [-0.39, 0.29) is 29.9 Å². The number of para-hydroxylation sites is 1. The van der Waals surface area contributed by atoms with E-state index in [9.17, 15) is 4.79 Å². The Morgan fingerprint density at radius 2 is 2.14 bits per heavy atom. The predicted molar refractivity (Wildman–Crippen MR) is 99.7 cm³/mol. The molecule has 0 bridgehead atoms. The summed E-state index contributed by atoms with van der Waals surface area (Å²) in [6.45, 7) is 2.07. The Labute approximate surface area is 148 Å². The number of hydrogen-bond acceptors (Lipinski definition) is 2. The molecule has 22 heavy (non-hydrogen) atoms. The molecular weight excluding hydrogens is 391 g/mol. The monoisotopic (exact) mass is 414 g/mol. The number of nitrogens with zero attached hydrogens (tertiary/aromatic N) is 2. The van der Waals surface area contributed by atoms with Crippen molar-refractivity contribution in [1.29, 1.82) is 0 Å². The number of amides is 1. The molecule has 0 atom stereocenters. The highest BCUT2D eigenvalue weighted by Crippen LogP contribution is 2.28. The zero-order valence-electron chi connectivity index (χ0n) is 12.6. The average molecular weight is 414 g/mol. The van der Waals surface area contributed by atoms with Gasteiger partial charge in [-0.3, -0.25) is 9.79 Å². The Balaban J connectivity index is 0.00000176. The second-order valence-electron chi connectivity index (χ2n) is 5.80. The van der Waals surface area contributed by atoms with Crippen molar-refractivity contribution >= 4 is 41.5 Å². The Morgan fingerprint density at radius 1 is 1.36 bits per heavy atom. The first-order valence-electron chi connectivity index (χ1n) is 7.66. The minimum atomic E-state index is 0. The van der Waals surface area contributed by atoms with Crippen molar-refractivity contribution in [2.45, 2.75) is 25.7 Å². The number of fused-ring (bicyclic) bond motifs is 1. The van der Waals surface area contributed by atoms with E-state index in [1.165, 1.54) is 19.3 Å². The number of carbonyl (C=O) groups excluding carboxylic acids is 1. The number of carbonyl (C=O) groups is 1. The average Bonchev–Trinajstić information content (AvgIpc) is 2.73. The van der Waals surface area contributed by atoms with E-state index in [0.29, 0.717) is 25.5 Å². The van der Waals surface area contributed by atoms with E-state index in [0.717, 1.165) is 23.7 Å². The molecule has 3 rings (SSSR count). The van der Waals surface area contributed by atoms with Crippen molar-refractivity contribution in [3.8, 4) is 0 Å². The van der Waals surface area contributed by atoms with Crippen LogP contribution < -0.4 is 16.0 Å². The van der Waals surface area contributed by atoms with Gasteiger partial charge in [-0.2, -0.15) is 0 Å². The third-order valence-electron chi connectivity index (χ3n) is 4.31. The van der Waals surface area contributed by atoms with Crippen LogP contribution in [-0.2, 0) is 11.2 Å². The second-order valence-corrected chi connectivity index (χ2v) is 5.80. The first kappa shape index (κ1) is 17.1. The van der Waals surface area contributed by atoms with Gasteiger partial charge in [-0.05, 0) is 30.4 Å². The number of aliphatic imine (C=N–C) groups is 1. The van der Waals surface area contributed by atoms with Gasteiger partial charge in [0.2, 0.25) is 5.91 Å². The Morgan fingerprint density at radius 3 is 2.86 bits per heavy atom. The van der Waals surface area contributed by atoms with Crippen molar-refractivity contribution < 1.29 is 4.79 Å². The van der Waals surface area contributed by atoms with E-state index >= 15 is 0 Å². The van der Waals surface area contributed by atoms with Crippen molar-refractivity contribution in [3.05, 3.63) is 29.8 Å². The fourth-order valence-corrected chi connectivity index (χ4v) is 2.82. The molecule has 0 radical (unpaired) electrons. The fourth-order valence-electron chi connectivity index (χ4n) is 2.82. The van der Waals surface area contributed by atoms with Crippen LogP contribution in [0.1, 0.15) is 24.8 Å². The van der Waals surface area contributed by atoms with Gasteiger partial charge in [-0.15, -0.1) is 24.0 Å². The number of anilines is 1. The second kappa shape index (κ2) is 7.80. The molecule has 0 unspecified atom stereocenters. The lowest BCUT2D eigenvalue weighted by atomic mass is 9.86. The van der Waals surface area contributed by atoms with Gasteiger partial charge in [0.25, 0.3) is 0 Å². The van der Waals surface area contributed by atoms with Crippen LogP contribution in [0.5, 0.6) is 0 Å². The largest absolute Gasteiger partial charge is 0.370 e. The zero-order chi connectivity index (χ0) is 14.7. The molecule has 0 spiro atoms. The Bertz CT molecular complexity index is 557. The smallest absolute Gasteiger partial charge is 0.231 e. The Hall–Kier alpha value is -1.31. The third kappa shape index (κ3) is 3.91. The van der Waals surface area contributed by atoms with Crippen LogP contribution in [-0.4, -0.2) is 31.5 Å². The molecule has 1 aliphatic heterocycles. The van der Waals surface area contributed by atoms with E-state index < -0.39 is 0 Å². The topological polar surface area (TPSA) is 70.7 Å². The molecule has 1 fully saturated rings. The quantitative estimate of drug-likeness (QED) is 0.439. The molecule has 3 N–H and O–H groups in total. The SMILES string of the molecule is I.NC(=NCC1CCC1)NCCN1C(=O)Cc2ccccc21. The van der Waals surface area contributed by atoms with E-state index in [1.54, 1.807) is 0 Å². The molecule has 1 amide bonds. The van der Waals surface area contributed by atoms with Crippen LogP contribution in [0.25, 0.3) is 0 Å². The van der Waals surface area contributed by atoms with Crippen molar-refractivity contribution in [1.82, 2.24) is 5.32 Å². The van der Waals surface area contributed by atoms with Gasteiger partial charge >= 0.3 is 0 Å². The van der Waals surface area contributed by atoms with Crippen LogP contribution in [0.2, 0.25) is 0 Å². The van der Waals surface area contributed by atoms with Gasteiger partial charge in [0.1, 0.15) is 0 Å². The molecule has 120 valence electrons. The standard InChI is InChI=1S/C16H22N4O.HI/c17-16(19-11-12-4-3-5-12)18-8-9-20-14-7-2-1-6-13(14)10-15(20)21;/h1-2,6-7,12H,3-5,8-11H2,(H3,17,18,19);1H. The fraction of sp³-hybridized carbons (Fsp3) is 0.500. The van der Waals surface area contributed by atoms with Gasteiger partial charge in [-0.1, -0.05) is 24.6 Å². The van der Waals surface area contributed by atoms with E-state index in [2.05, 4.69) is 10.3 Å². The van der Waals surface area contributed by atoms with Gasteiger partial charge in [0.05, 0.1) is 6.42 Å². The lowest BCUT2D eigenvalue weighted by Gasteiger charge is -2.23. The van der Waals surface area contributed by atoms with Crippen molar-refractivity contribution in [2.75, 3.05) is 24.5 Å². The number of nitrogens with two attached hydrogens (primary N) is 1. The first-order chi connectivity index (χ1) is 10.2. The summed E-state index contributed by atoms with van der Waals surface area (Å²) in [5.74, 6) is 1.36. The number of benzene rings is 1. The van der Waals surface area contributed by atoms with Crippen molar-refractivity contribution in [3.63, 3.8) is 0 Å². The lowest BCUT2D eigenvalue weighted by Crippen LogP contribution is -2.40. The van der Waals surface area contributed by atoms with Gasteiger partial charge < -0.3 is 16.0 Å². The maximum atomic E-state index is 12.0. The highest BCUT2D eigenvalue weighted by Gasteiger charge is 2.26. The van der Waals surface area contributed by atoms with Crippen LogP contribution >= 0.6 is 24.0 Å². The molecule has 1 aromatic rings. The number of nitrogens with one attached hydrogen (secondary N) is 1. The van der Waals surface area contributed by atoms with Crippen LogP contribution in [0.4, 0.5) is 5.69 Å². The molecule has 1 aromatic carbocycles. The normalized spacial score (nSPS) is 17.7. The molecule has 1 saturated carbocycles.